The van der Waals surface area contributed by atoms with Crippen LogP contribution in [-0.2, 0) is 9.59 Å². The maximum atomic E-state index is 13.0. The number of aryl methyl sites for hydroxylation is 1. The van der Waals surface area contributed by atoms with Gasteiger partial charge in [-0.1, -0.05) is 22.0 Å². The predicted molar refractivity (Wildman–Crippen MR) is 106 cm³/mol. The average Bonchev–Trinajstić information content (AvgIpc) is 2.58. The molecule has 6 heteroatoms. The summed E-state index contributed by atoms with van der Waals surface area (Å²) in [5, 5.41) is 2.87. The molecular formula is C20H21BrN2O3. The first kappa shape index (κ1) is 18.5. The number of anilines is 2. The van der Waals surface area contributed by atoms with E-state index in [4.69, 9.17) is 4.74 Å². The molecule has 0 aliphatic carbocycles. The fourth-order valence-corrected chi connectivity index (χ4v) is 3.17. The molecule has 0 bridgehead atoms. The van der Waals surface area contributed by atoms with Gasteiger partial charge in [-0.2, -0.15) is 0 Å². The Morgan fingerprint density at radius 3 is 2.50 bits per heavy atom. The van der Waals surface area contributed by atoms with E-state index in [1.54, 1.807) is 32.9 Å². The standard InChI is InChI=1S/C20H21BrN2O3/c1-12-5-10-17-16(11-12)23(19(25)20(3,4)26-17)13(2)18(24)22-15-8-6-14(21)7-9-15/h5-11,13H,1-4H3,(H,22,24). The van der Waals surface area contributed by atoms with Crippen molar-refractivity contribution in [1.82, 2.24) is 0 Å². The van der Waals surface area contributed by atoms with Crippen molar-refractivity contribution in [2.24, 2.45) is 0 Å². The molecule has 1 heterocycles. The molecule has 1 aliphatic heterocycles. The van der Waals surface area contributed by atoms with Gasteiger partial charge in [0.15, 0.2) is 5.60 Å². The molecule has 1 aliphatic rings. The molecule has 2 aromatic rings. The van der Waals surface area contributed by atoms with E-state index in [-0.39, 0.29) is 11.8 Å². The van der Waals surface area contributed by atoms with Gasteiger partial charge in [0, 0.05) is 10.2 Å². The molecular weight excluding hydrogens is 396 g/mol. The number of ether oxygens (including phenoxy) is 1. The Hall–Kier alpha value is -2.34. The van der Waals surface area contributed by atoms with Crippen LogP contribution in [0, 0.1) is 6.92 Å². The van der Waals surface area contributed by atoms with Crippen molar-refractivity contribution in [3.8, 4) is 5.75 Å². The molecule has 0 fully saturated rings. The number of carbonyl (C=O) groups excluding carboxylic acids is 2. The number of rotatable bonds is 3. The monoisotopic (exact) mass is 416 g/mol. The second-order valence-corrected chi connectivity index (χ2v) is 7.85. The maximum absolute atomic E-state index is 13.0. The van der Waals surface area contributed by atoms with Crippen molar-refractivity contribution in [1.29, 1.82) is 0 Å². The van der Waals surface area contributed by atoms with Gasteiger partial charge >= 0.3 is 0 Å². The zero-order chi connectivity index (χ0) is 19.1. The minimum Gasteiger partial charge on any atom is -0.476 e. The number of nitrogens with one attached hydrogen (secondary N) is 1. The third kappa shape index (κ3) is 3.46. The van der Waals surface area contributed by atoms with Crippen LogP contribution >= 0.6 is 15.9 Å². The Morgan fingerprint density at radius 2 is 1.85 bits per heavy atom. The Balaban J connectivity index is 1.93. The highest BCUT2D eigenvalue weighted by molar-refractivity contribution is 9.10. The highest BCUT2D eigenvalue weighted by Gasteiger charge is 2.44. The summed E-state index contributed by atoms with van der Waals surface area (Å²) in [6, 6.07) is 12.3. The van der Waals surface area contributed by atoms with Crippen LogP contribution in [0.4, 0.5) is 11.4 Å². The maximum Gasteiger partial charge on any atom is 0.271 e. The van der Waals surface area contributed by atoms with E-state index in [1.807, 2.05) is 37.3 Å². The Kier molecular flexibility index (Phi) is 4.80. The lowest BCUT2D eigenvalue weighted by Crippen LogP contribution is -2.57. The number of amides is 2. The summed E-state index contributed by atoms with van der Waals surface area (Å²) in [5.74, 6) is 0.100. The molecule has 2 aromatic carbocycles. The van der Waals surface area contributed by atoms with Gasteiger partial charge in [0.2, 0.25) is 5.91 Å². The average molecular weight is 417 g/mol. The summed E-state index contributed by atoms with van der Waals surface area (Å²) in [5.41, 5.74) is 1.25. The van der Waals surface area contributed by atoms with Gasteiger partial charge in [0.1, 0.15) is 11.8 Å². The van der Waals surface area contributed by atoms with Crippen LogP contribution < -0.4 is 15.0 Å². The molecule has 0 saturated carbocycles. The molecule has 0 saturated heterocycles. The van der Waals surface area contributed by atoms with E-state index in [1.165, 1.54) is 4.90 Å². The predicted octanol–water partition coefficient (Wildman–Crippen LogP) is 4.29. The van der Waals surface area contributed by atoms with E-state index in [0.29, 0.717) is 17.1 Å². The third-order valence-corrected chi connectivity index (χ3v) is 4.88. The minimum absolute atomic E-state index is 0.242. The largest absolute Gasteiger partial charge is 0.476 e. The van der Waals surface area contributed by atoms with E-state index in [9.17, 15) is 9.59 Å². The fraction of sp³-hybridized carbons (Fsp3) is 0.300. The number of nitrogens with zero attached hydrogens (tertiary/aromatic N) is 1. The van der Waals surface area contributed by atoms with Crippen molar-refractivity contribution in [2.75, 3.05) is 10.2 Å². The highest BCUT2D eigenvalue weighted by Crippen LogP contribution is 2.39. The van der Waals surface area contributed by atoms with Crippen LogP contribution in [0.2, 0.25) is 0 Å². The van der Waals surface area contributed by atoms with Crippen LogP contribution in [-0.4, -0.2) is 23.5 Å². The first-order chi connectivity index (χ1) is 12.2. The van der Waals surface area contributed by atoms with Crippen LogP contribution in [0.25, 0.3) is 0 Å². The second-order valence-electron chi connectivity index (χ2n) is 6.93. The number of hydrogen-bond acceptors (Lipinski definition) is 3. The van der Waals surface area contributed by atoms with Crippen molar-refractivity contribution in [3.63, 3.8) is 0 Å². The van der Waals surface area contributed by atoms with Gasteiger partial charge in [0.05, 0.1) is 5.69 Å². The Labute approximate surface area is 161 Å². The summed E-state index contributed by atoms with van der Waals surface area (Å²) in [4.78, 5) is 27.3. The molecule has 0 radical (unpaired) electrons. The SMILES string of the molecule is Cc1ccc2c(c1)N(C(C)C(=O)Nc1ccc(Br)cc1)C(=O)C(C)(C)O2. The van der Waals surface area contributed by atoms with Gasteiger partial charge in [-0.05, 0) is 69.7 Å². The number of hydrogen-bond donors (Lipinski definition) is 1. The Bertz CT molecular complexity index is 862. The van der Waals surface area contributed by atoms with Crippen molar-refractivity contribution >= 4 is 39.1 Å². The van der Waals surface area contributed by atoms with Gasteiger partial charge < -0.3 is 10.1 Å². The topological polar surface area (TPSA) is 58.6 Å². The molecule has 3 rings (SSSR count). The highest BCUT2D eigenvalue weighted by atomic mass is 79.9. The molecule has 136 valence electrons. The van der Waals surface area contributed by atoms with Gasteiger partial charge in [-0.15, -0.1) is 0 Å². The molecule has 2 amide bonds. The quantitative estimate of drug-likeness (QED) is 0.811. The molecule has 26 heavy (non-hydrogen) atoms. The molecule has 0 aromatic heterocycles. The van der Waals surface area contributed by atoms with E-state index >= 15 is 0 Å². The van der Waals surface area contributed by atoms with Crippen LogP contribution in [0.15, 0.2) is 46.9 Å². The first-order valence-electron chi connectivity index (χ1n) is 8.39. The normalized spacial score (nSPS) is 16.5. The number of benzene rings is 2. The summed E-state index contributed by atoms with van der Waals surface area (Å²) in [7, 11) is 0. The van der Waals surface area contributed by atoms with Crippen LogP contribution in [0.3, 0.4) is 0 Å². The lowest BCUT2D eigenvalue weighted by Gasteiger charge is -2.41. The summed E-state index contributed by atoms with van der Waals surface area (Å²) >= 11 is 3.37. The lowest BCUT2D eigenvalue weighted by molar-refractivity contribution is -0.134. The number of halogens is 1. The zero-order valence-corrected chi connectivity index (χ0v) is 16.8. The van der Waals surface area contributed by atoms with Gasteiger partial charge in [-0.25, -0.2) is 0 Å². The molecule has 1 atom stereocenters. The minimum atomic E-state index is -1.03. The summed E-state index contributed by atoms with van der Waals surface area (Å²) < 4.78 is 6.78. The molecule has 1 unspecified atom stereocenters. The van der Waals surface area contributed by atoms with Crippen molar-refractivity contribution in [3.05, 3.63) is 52.5 Å². The molecule has 1 N–H and O–H groups in total. The van der Waals surface area contributed by atoms with E-state index < -0.39 is 11.6 Å². The van der Waals surface area contributed by atoms with Gasteiger partial charge in [-0.3, -0.25) is 14.5 Å². The Morgan fingerprint density at radius 1 is 1.19 bits per heavy atom. The van der Waals surface area contributed by atoms with Crippen LogP contribution in [0.1, 0.15) is 26.3 Å². The molecule has 0 spiro atoms. The lowest BCUT2D eigenvalue weighted by atomic mass is 10.0. The summed E-state index contributed by atoms with van der Waals surface area (Å²) in [6.07, 6.45) is 0. The second kappa shape index (κ2) is 6.76. The van der Waals surface area contributed by atoms with E-state index in [0.717, 1.165) is 10.0 Å². The third-order valence-electron chi connectivity index (χ3n) is 4.35. The number of fused-ring (bicyclic) bond motifs is 1. The smallest absolute Gasteiger partial charge is 0.271 e. The molecule has 5 nitrogen and oxygen atoms in total. The summed E-state index contributed by atoms with van der Waals surface area (Å²) in [6.45, 7) is 7.09. The van der Waals surface area contributed by atoms with Crippen molar-refractivity contribution in [2.45, 2.75) is 39.3 Å². The van der Waals surface area contributed by atoms with Crippen molar-refractivity contribution < 1.29 is 14.3 Å². The van der Waals surface area contributed by atoms with Crippen LogP contribution in [0.5, 0.6) is 5.75 Å². The van der Waals surface area contributed by atoms with E-state index in [2.05, 4.69) is 21.2 Å². The zero-order valence-electron chi connectivity index (χ0n) is 15.2. The van der Waals surface area contributed by atoms with Gasteiger partial charge in [0.25, 0.3) is 5.91 Å². The fourth-order valence-electron chi connectivity index (χ4n) is 2.90. The first-order valence-corrected chi connectivity index (χ1v) is 9.18. The number of carbonyl (C=O) groups is 2.